The standard InChI is InChI=1S/C11H14N4O4/c1-6-4-14(5-7(6)11(16)17)9-3-2-8(15(18)19)10(12)13-9/h2-3,6-7H,4-5H2,1H3,(H2,12,13)(H,16,17)/t6-,7-/m1/s1. The molecule has 0 saturated carbocycles. The van der Waals surface area contributed by atoms with E-state index in [4.69, 9.17) is 10.8 Å². The van der Waals surface area contributed by atoms with Gasteiger partial charge in [0.25, 0.3) is 0 Å². The van der Waals surface area contributed by atoms with Crippen LogP contribution in [0, 0.1) is 22.0 Å². The fraction of sp³-hybridized carbons (Fsp3) is 0.455. The van der Waals surface area contributed by atoms with E-state index in [1.165, 1.54) is 12.1 Å². The first-order valence-corrected chi connectivity index (χ1v) is 5.78. The molecule has 0 aliphatic carbocycles. The van der Waals surface area contributed by atoms with Crippen LogP contribution in [0.5, 0.6) is 0 Å². The average Bonchev–Trinajstić information content (AvgIpc) is 2.70. The minimum atomic E-state index is -0.843. The van der Waals surface area contributed by atoms with Crippen LogP contribution in [0.1, 0.15) is 6.92 Å². The summed E-state index contributed by atoms with van der Waals surface area (Å²) in [4.78, 5) is 26.8. The Morgan fingerprint density at radius 2 is 2.26 bits per heavy atom. The highest BCUT2D eigenvalue weighted by Gasteiger charge is 2.35. The number of pyridine rings is 1. The number of carboxylic acid groups (broad SMARTS) is 1. The zero-order valence-electron chi connectivity index (χ0n) is 10.3. The van der Waals surface area contributed by atoms with Crippen molar-refractivity contribution >= 4 is 23.3 Å². The first kappa shape index (κ1) is 13.1. The summed E-state index contributed by atoms with van der Waals surface area (Å²) in [5.74, 6) is -0.994. The van der Waals surface area contributed by atoms with Gasteiger partial charge in [-0.1, -0.05) is 6.92 Å². The predicted octanol–water partition coefficient (Wildman–Crippen LogP) is 0.729. The number of nitrogen functional groups attached to an aromatic ring is 1. The fourth-order valence-corrected chi connectivity index (χ4v) is 2.26. The van der Waals surface area contributed by atoms with Crippen LogP contribution in [0.25, 0.3) is 0 Å². The number of hydrogen-bond donors (Lipinski definition) is 2. The van der Waals surface area contributed by atoms with Gasteiger partial charge in [-0.3, -0.25) is 14.9 Å². The largest absolute Gasteiger partial charge is 0.481 e. The third-order valence-electron chi connectivity index (χ3n) is 3.34. The number of aromatic nitrogens is 1. The minimum Gasteiger partial charge on any atom is -0.481 e. The number of anilines is 2. The highest BCUT2D eigenvalue weighted by Crippen LogP contribution is 2.29. The van der Waals surface area contributed by atoms with Gasteiger partial charge in [-0.15, -0.1) is 0 Å². The van der Waals surface area contributed by atoms with Gasteiger partial charge in [0.2, 0.25) is 5.82 Å². The molecule has 3 N–H and O–H groups in total. The fourth-order valence-electron chi connectivity index (χ4n) is 2.26. The summed E-state index contributed by atoms with van der Waals surface area (Å²) < 4.78 is 0. The Morgan fingerprint density at radius 1 is 1.58 bits per heavy atom. The van der Waals surface area contributed by atoms with Crippen LogP contribution in [0.2, 0.25) is 0 Å². The first-order valence-electron chi connectivity index (χ1n) is 5.78. The monoisotopic (exact) mass is 266 g/mol. The molecule has 1 aromatic heterocycles. The summed E-state index contributed by atoms with van der Waals surface area (Å²) >= 11 is 0. The van der Waals surface area contributed by atoms with Crippen molar-refractivity contribution in [3.05, 3.63) is 22.2 Å². The van der Waals surface area contributed by atoms with Gasteiger partial charge in [-0.05, 0) is 12.0 Å². The Labute approximate surface area is 109 Å². The van der Waals surface area contributed by atoms with Gasteiger partial charge >= 0.3 is 11.7 Å². The lowest BCUT2D eigenvalue weighted by Gasteiger charge is -2.16. The summed E-state index contributed by atoms with van der Waals surface area (Å²) in [6, 6.07) is 2.78. The van der Waals surface area contributed by atoms with Crippen molar-refractivity contribution in [2.75, 3.05) is 23.7 Å². The second kappa shape index (κ2) is 4.71. The maximum Gasteiger partial charge on any atom is 0.311 e. The zero-order chi connectivity index (χ0) is 14.2. The first-order chi connectivity index (χ1) is 8.90. The molecule has 0 amide bonds. The van der Waals surface area contributed by atoms with Gasteiger partial charge in [-0.25, -0.2) is 4.98 Å². The number of rotatable bonds is 3. The molecule has 0 unspecified atom stereocenters. The number of carbonyl (C=O) groups is 1. The molecule has 1 saturated heterocycles. The molecular formula is C11H14N4O4. The number of nitrogens with zero attached hydrogens (tertiary/aromatic N) is 3. The minimum absolute atomic E-state index is 0.00397. The smallest absolute Gasteiger partial charge is 0.311 e. The van der Waals surface area contributed by atoms with E-state index < -0.39 is 16.8 Å². The molecule has 8 nitrogen and oxygen atoms in total. The molecule has 2 rings (SSSR count). The number of nitro groups is 1. The van der Waals surface area contributed by atoms with Crippen molar-refractivity contribution in [2.45, 2.75) is 6.92 Å². The van der Waals surface area contributed by atoms with Crippen molar-refractivity contribution in [1.82, 2.24) is 4.98 Å². The summed E-state index contributed by atoms with van der Waals surface area (Å²) in [5, 5.41) is 19.7. The number of nitrogens with two attached hydrogens (primary N) is 1. The van der Waals surface area contributed by atoms with Crippen molar-refractivity contribution in [2.24, 2.45) is 11.8 Å². The number of carboxylic acids is 1. The molecule has 0 bridgehead atoms. The third-order valence-corrected chi connectivity index (χ3v) is 3.34. The highest BCUT2D eigenvalue weighted by molar-refractivity contribution is 5.72. The summed E-state index contributed by atoms with van der Waals surface area (Å²) in [6.45, 7) is 2.73. The number of aliphatic carboxylic acids is 1. The van der Waals surface area contributed by atoms with Gasteiger partial charge in [0, 0.05) is 19.2 Å². The SMILES string of the molecule is C[C@@H]1CN(c2ccc([N+](=O)[O-])c(N)n2)C[C@H]1C(=O)O. The molecular weight excluding hydrogens is 252 g/mol. The van der Waals surface area contributed by atoms with Crippen molar-refractivity contribution in [3.63, 3.8) is 0 Å². The Kier molecular flexibility index (Phi) is 3.24. The van der Waals surface area contributed by atoms with Crippen LogP contribution in [-0.2, 0) is 4.79 Å². The summed E-state index contributed by atoms with van der Waals surface area (Å²) in [7, 11) is 0. The normalized spacial score (nSPS) is 22.5. The Balaban J connectivity index is 2.22. The maximum atomic E-state index is 11.0. The molecule has 2 heterocycles. The summed E-state index contributed by atoms with van der Waals surface area (Å²) in [6.07, 6.45) is 0. The summed E-state index contributed by atoms with van der Waals surface area (Å²) in [5.41, 5.74) is 5.28. The lowest BCUT2D eigenvalue weighted by atomic mass is 9.99. The Morgan fingerprint density at radius 3 is 2.74 bits per heavy atom. The van der Waals surface area contributed by atoms with Gasteiger partial charge in [-0.2, -0.15) is 0 Å². The molecule has 0 radical (unpaired) electrons. The second-order valence-electron chi connectivity index (χ2n) is 4.66. The van der Waals surface area contributed by atoms with Gasteiger partial charge in [0.1, 0.15) is 5.82 Å². The van der Waals surface area contributed by atoms with Crippen molar-refractivity contribution in [3.8, 4) is 0 Å². The van der Waals surface area contributed by atoms with E-state index in [0.717, 1.165) is 0 Å². The van der Waals surface area contributed by atoms with E-state index >= 15 is 0 Å². The lowest BCUT2D eigenvalue weighted by molar-refractivity contribution is -0.384. The van der Waals surface area contributed by atoms with Crippen LogP contribution >= 0.6 is 0 Å². The van der Waals surface area contributed by atoms with Gasteiger partial charge in [0.15, 0.2) is 0 Å². The van der Waals surface area contributed by atoms with E-state index in [-0.39, 0.29) is 17.4 Å². The van der Waals surface area contributed by atoms with E-state index in [1.807, 2.05) is 6.92 Å². The van der Waals surface area contributed by atoms with Crippen LogP contribution in [-0.4, -0.2) is 34.1 Å². The van der Waals surface area contributed by atoms with Crippen molar-refractivity contribution in [1.29, 1.82) is 0 Å². The maximum absolute atomic E-state index is 11.0. The van der Waals surface area contributed by atoms with Crippen LogP contribution in [0.15, 0.2) is 12.1 Å². The highest BCUT2D eigenvalue weighted by atomic mass is 16.6. The molecule has 0 aromatic carbocycles. The van der Waals surface area contributed by atoms with E-state index in [1.54, 1.807) is 4.90 Å². The van der Waals surface area contributed by atoms with E-state index in [0.29, 0.717) is 18.9 Å². The molecule has 8 heteroatoms. The third kappa shape index (κ3) is 2.42. The quantitative estimate of drug-likeness (QED) is 0.610. The van der Waals surface area contributed by atoms with Crippen LogP contribution in [0.4, 0.5) is 17.3 Å². The average molecular weight is 266 g/mol. The molecule has 1 aliphatic heterocycles. The molecule has 1 aromatic rings. The molecule has 102 valence electrons. The molecule has 0 spiro atoms. The predicted molar refractivity (Wildman–Crippen MR) is 67.8 cm³/mol. The van der Waals surface area contributed by atoms with Crippen LogP contribution in [0.3, 0.4) is 0 Å². The number of hydrogen-bond acceptors (Lipinski definition) is 6. The topological polar surface area (TPSA) is 123 Å². The molecule has 1 aliphatic rings. The molecule has 1 fully saturated rings. The Bertz CT molecular complexity index is 533. The molecule has 19 heavy (non-hydrogen) atoms. The zero-order valence-corrected chi connectivity index (χ0v) is 10.3. The van der Waals surface area contributed by atoms with E-state index in [2.05, 4.69) is 4.98 Å². The van der Waals surface area contributed by atoms with Gasteiger partial charge < -0.3 is 15.7 Å². The van der Waals surface area contributed by atoms with Crippen LogP contribution < -0.4 is 10.6 Å². The van der Waals surface area contributed by atoms with Crippen molar-refractivity contribution < 1.29 is 14.8 Å². The van der Waals surface area contributed by atoms with E-state index in [9.17, 15) is 14.9 Å². The lowest BCUT2D eigenvalue weighted by Crippen LogP contribution is -2.24. The molecule has 2 atom stereocenters. The van der Waals surface area contributed by atoms with Gasteiger partial charge in [0.05, 0.1) is 10.8 Å². The Hall–Kier alpha value is -2.38. The second-order valence-corrected chi connectivity index (χ2v) is 4.66.